The van der Waals surface area contributed by atoms with Crippen molar-refractivity contribution in [2.24, 2.45) is 0 Å². The molecule has 0 unspecified atom stereocenters. The van der Waals surface area contributed by atoms with Gasteiger partial charge in [0.05, 0.1) is 22.9 Å². The van der Waals surface area contributed by atoms with Gasteiger partial charge in [-0.2, -0.15) is 0 Å². The standard InChI is InChI=1S/C17H16ClNO4S/c1-2-23-17(20)13-7-8-14(18)16(11-13)24(21,22)19-10-9-12-5-3-4-6-15(12)19/h3-8,11H,2,9-10H2,1H3. The molecular weight excluding hydrogens is 350 g/mol. The second-order valence-electron chi connectivity index (χ2n) is 5.32. The van der Waals surface area contributed by atoms with E-state index in [0.29, 0.717) is 18.7 Å². The Morgan fingerprint density at radius 3 is 2.75 bits per heavy atom. The number of nitrogens with zero attached hydrogens (tertiary/aromatic N) is 1. The van der Waals surface area contributed by atoms with E-state index < -0.39 is 16.0 Å². The van der Waals surface area contributed by atoms with Crippen LogP contribution < -0.4 is 4.31 Å². The number of carbonyl (C=O) groups excluding carboxylic acids is 1. The number of esters is 1. The van der Waals surface area contributed by atoms with Gasteiger partial charge in [0, 0.05) is 6.54 Å². The maximum Gasteiger partial charge on any atom is 0.338 e. The Labute approximate surface area is 145 Å². The Bertz CT molecular complexity index is 895. The van der Waals surface area contributed by atoms with Gasteiger partial charge < -0.3 is 4.74 Å². The first kappa shape index (κ1) is 16.8. The molecule has 0 saturated heterocycles. The predicted molar refractivity (Wildman–Crippen MR) is 92.1 cm³/mol. The number of benzene rings is 2. The van der Waals surface area contributed by atoms with E-state index in [1.54, 1.807) is 19.1 Å². The summed E-state index contributed by atoms with van der Waals surface area (Å²) in [5.41, 5.74) is 1.78. The van der Waals surface area contributed by atoms with Gasteiger partial charge in [-0.1, -0.05) is 29.8 Å². The molecule has 0 fully saturated rings. The predicted octanol–water partition coefficient (Wildman–Crippen LogP) is 3.27. The van der Waals surface area contributed by atoms with Crippen LogP contribution in [0.5, 0.6) is 0 Å². The van der Waals surface area contributed by atoms with Crippen LogP contribution in [0, 0.1) is 0 Å². The fourth-order valence-electron chi connectivity index (χ4n) is 2.72. The third-order valence-electron chi connectivity index (χ3n) is 3.85. The fourth-order valence-corrected chi connectivity index (χ4v) is 4.73. The highest BCUT2D eigenvalue weighted by molar-refractivity contribution is 7.93. The molecule has 0 saturated carbocycles. The summed E-state index contributed by atoms with van der Waals surface area (Å²) in [4.78, 5) is 11.8. The van der Waals surface area contributed by atoms with Crippen LogP contribution in [0.3, 0.4) is 0 Å². The molecule has 2 aromatic carbocycles. The molecule has 7 heteroatoms. The molecule has 0 amide bonds. The van der Waals surface area contributed by atoms with Crippen molar-refractivity contribution < 1.29 is 17.9 Å². The number of fused-ring (bicyclic) bond motifs is 1. The minimum absolute atomic E-state index is 0.0763. The molecule has 3 rings (SSSR count). The normalized spacial score (nSPS) is 13.7. The number of ether oxygens (including phenoxy) is 1. The maximum atomic E-state index is 13.0. The lowest BCUT2D eigenvalue weighted by Crippen LogP contribution is -2.29. The number of rotatable bonds is 4. The van der Waals surface area contributed by atoms with Gasteiger partial charge in [-0.05, 0) is 43.2 Å². The van der Waals surface area contributed by atoms with Crippen LogP contribution in [0.25, 0.3) is 0 Å². The molecule has 0 atom stereocenters. The summed E-state index contributed by atoms with van der Waals surface area (Å²) in [6.45, 7) is 2.25. The smallest absolute Gasteiger partial charge is 0.338 e. The number of hydrogen-bond donors (Lipinski definition) is 0. The van der Waals surface area contributed by atoms with Gasteiger partial charge in [-0.15, -0.1) is 0 Å². The molecule has 0 aromatic heterocycles. The zero-order chi connectivity index (χ0) is 17.3. The molecular formula is C17H16ClNO4S. The summed E-state index contributed by atoms with van der Waals surface area (Å²) in [7, 11) is -3.86. The van der Waals surface area contributed by atoms with Crippen molar-refractivity contribution >= 4 is 33.3 Å². The summed E-state index contributed by atoms with van der Waals surface area (Å²) in [5.74, 6) is -0.576. The molecule has 126 valence electrons. The molecule has 1 heterocycles. The van der Waals surface area contributed by atoms with Crippen LogP contribution in [0.4, 0.5) is 5.69 Å². The average Bonchev–Trinajstić information content (AvgIpc) is 3.00. The molecule has 1 aliphatic rings. The van der Waals surface area contributed by atoms with Gasteiger partial charge in [-0.3, -0.25) is 4.31 Å². The lowest BCUT2D eigenvalue weighted by Gasteiger charge is -2.20. The number of sulfonamides is 1. The molecule has 2 aromatic rings. The summed E-state index contributed by atoms with van der Waals surface area (Å²) in [6.07, 6.45) is 0.643. The van der Waals surface area contributed by atoms with Crippen molar-refractivity contribution in [1.29, 1.82) is 0 Å². The van der Waals surface area contributed by atoms with Gasteiger partial charge in [-0.25, -0.2) is 13.2 Å². The highest BCUT2D eigenvalue weighted by atomic mass is 35.5. The first-order valence-corrected chi connectivity index (χ1v) is 9.34. The minimum atomic E-state index is -3.86. The molecule has 1 aliphatic heterocycles. The maximum absolute atomic E-state index is 13.0. The van der Waals surface area contributed by atoms with E-state index in [0.717, 1.165) is 5.56 Å². The van der Waals surface area contributed by atoms with Gasteiger partial charge in [0.15, 0.2) is 0 Å². The Morgan fingerprint density at radius 1 is 1.25 bits per heavy atom. The molecule has 0 bridgehead atoms. The fraction of sp³-hybridized carbons (Fsp3) is 0.235. The molecule has 0 spiro atoms. The molecule has 0 N–H and O–H groups in total. The van der Waals surface area contributed by atoms with Gasteiger partial charge in [0.1, 0.15) is 4.90 Å². The van der Waals surface area contributed by atoms with E-state index in [1.165, 1.54) is 22.5 Å². The molecule has 5 nitrogen and oxygen atoms in total. The van der Waals surface area contributed by atoms with Crippen LogP contribution in [0.15, 0.2) is 47.4 Å². The quantitative estimate of drug-likeness (QED) is 0.780. The number of hydrogen-bond acceptors (Lipinski definition) is 4. The third kappa shape index (κ3) is 2.87. The topological polar surface area (TPSA) is 63.7 Å². The lowest BCUT2D eigenvalue weighted by molar-refractivity contribution is 0.0526. The van der Waals surface area contributed by atoms with Gasteiger partial charge in [0.2, 0.25) is 0 Å². The van der Waals surface area contributed by atoms with Crippen molar-refractivity contribution in [1.82, 2.24) is 0 Å². The van der Waals surface area contributed by atoms with Crippen LogP contribution in [-0.2, 0) is 21.2 Å². The number of carbonyl (C=O) groups is 1. The van der Waals surface area contributed by atoms with Gasteiger partial charge >= 0.3 is 5.97 Å². The molecule has 24 heavy (non-hydrogen) atoms. The van der Waals surface area contributed by atoms with Crippen molar-refractivity contribution in [2.75, 3.05) is 17.5 Å². The average molecular weight is 366 g/mol. The Balaban J connectivity index is 2.05. The van der Waals surface area contributed by atoms with Crippen molar-refractivity contribution in [3.63, 3.8) is 0 Å². The van der Waals surface area contributed by atoms with Crippen molar-refractivity contribution in [2.45, 2.75) is 18.2 Å². The Morgan fingerprint density at radius 2 is 2.00 bits per heavy atom. The minimum Gasteiger partial charge on any atom is -0.462 e. The van der Waals surface area contributed by atoms with E-state index in [1.807, 2.05) is 12.1 Å². The van der Waals surface area contributed by atoms with Crippen LogP contribution in [0.1, 0.15) is 22.8 Å². The van der Waals surface area contributed by atoms with Crippen LogP contribution >= 0.6 is 11.6 Å². The zero-order valence-electron chi connectivity index (χ0n) is 13.0. The summed E-state index contributed by atoms with van der Waals surface area (Å²) in [6, 6.07) is 11.5. The van der Waals surface area contributed by atoms with E-state index >= 15 is 0 Å². The van der Waals surface area contributed by atoms with Gasteiger partial charge in [0.25, 0.3) is 10.0 Å². The third-order valence-corrected chi connectivity index (χ3v) is 6.15. The van der Waals surface area contributed by atoms with Crippen molar-refractivity contribution in [3.05, 3.63) is 58.6 Å². The monoisotopic (exact) mass is 365 g/mol. The second kappa shape index (κ2) is 6.45. The van der Waals surface area contributed by atoms with Crippen LogP contribution in [-0.4, -0.2) is 27.5 Å². The second-order valence-corrected chi connectivity index (χ2v) is 7.56. The Kier molecular flexibility index (Phi) is 4.51. The van der Waals surface area contributed by atoms with Crippen LogP contribution in [0.2, 0.25) is 5.02 Å². The summed E-state index contributed by atoms with van der Waals surface area (Å²) in [5, 5.41) is 0.0763. The van der Waals surface area contributed by atoms with E-state index in [2.05, 4.69) is 0 Å². The Hall–Kier alpha value is -2.05. The summed E-state index contributed by atoms with van der Waals surface area (Å²) >= 11 is 6.11. The SMILES string of the molecule is CCOC(=O)c1ccc(Cl)c(S(=O)(=O)N2CCc3ccccc32)c1. The zero-order valence-corrected chi connectivity index (χ0v) is 14.6. The van der Waals surface area contributed by atoms with E-state index in [4.69, 9.17) is 16.3 Å². The van der Waals surface area contributed by atoms with Crippen molar-refractivity contribution in [3.8, 4) is 0 Å². The summed E-state index contributed by atoms with van der Waals surface area (Å²) < 4.78 is 32.3. The lowest BCUT2D eigenvalue weighted by atomic mass is 10.2. The highest BCUT2D eigenvalue weighted by Crippen LogP contribution is 2.35. The largest absolute Gasteiger partial charge is 0.462 e. The molecule has 0 aliphatic carbocycles. The first-order chi connectivity index (χ1) is 11.4. The van der Waals surface area contributed by atoms with E-state index in [-0.39, 0.29) is 22.1 Å². The number of anilines is 1. The first-order valence-electron chi connectivity index (χ1n) is 7.52. The molecule has 0 radical (unpaired) electrons. The number of para-hydroxylation sites is 1. The number of halogens is 1. The van der Waals surface area contributed by atoms with E-state index in [9.17, 15) is 13.2 Å². The highest BCUT2D eigenvalue weighted by Gasteiger charge is 2.32.